The summed E-state index contributed by atoms with van der Waals surface area (Å²) in [6.45, 7) is 6.99. The Morgan fingerprint density at radius 3 is 2.49 bits per heavy atom. The molecule has 3 aromatic carbocycles. The van der Waals surface area contributed by atoms with E-state index in [1.165, 1.54) is 5.56 Å². The number of anilines is 1. The van der Waals surface area contributed by atoms with Crippen molar-refractivity contribution in [2.45, 2.75) is 40.1 Å². The van der Waals surface area contributed by atoms with E-state index in [9.17, 15) is 4.79 Å². The van der Waals surface area contributed by atoms with Gasteiger partial charge in [0.05, 0.1) is 12.7 Å². The molecule has 0 radical (unpaired) electrons. The number of benzene rings is 3. The molecule has 5 rings (SSSR count). The number of fused-ring (bicyclic) bond motifs is 1. The molecular weight excluding hydrogens is 462 g/mol. The lowest BCUT2D eigenvalue weighted by atomic mass is 10.0. The Kier molecular flexibility index (Phi) is 6.82. The van der Waals surface area contributed by atoms with Crippen molar-refractivity contribution in [2.24, 2.45) is 0 Å². The van der Waals surface area contributed by atoms with Crippen LogP contribution in [0.1, 0.15) is 49.9 Å². The molecule has 6 nitrogen and oxygen atoms in total. The fourth-order valence-corrected chi connectivity index (χ4v) is 5.03. The maximum absolute atomic E-state index is 13.6. The van der Waals surface area contributed by atoms with Crippen LogP contribution in [0.15, 0.2) is 79.1 Å². The lowest BCUT2D eigenvalue weighted by molar-refractivity contribution is 0.0666. The van der Waals surface area contributed by atoms with Gasteiger partial charge in [-0.3, -0.25) is 9.78 Å². The molecule has 0 aliphatic carbocycles. The maximum Gasteiger partial charge on any atom is 0.258 e. The smallest absolute Gasteiger partial charge is 0.258 e. The van der Waals surface area contributed by atoms with Crippen LogP contribution >= 0.6 is 0 Å². The summed E-state index contributed by atoms with van der Waals surface area (Å²) in [5, 5.41) is 3.58. The van der Waals surface area contributed by atoms with E-state index in [1.807, 2.05) is 53.4 Å². The number of para-hydroxylation sites is 1. The number of nitrogens with one attached hydrogen (secondary N) is 1. The van der Waals surface area contributed by atoms with Crippen molar-refractivity contribution >= 4 is 11.6 Å². The second-order valence-corrected chi connectivity index (χ2v) is 9.47. The zero-order valence-electron chi connectivity index (χ0n) is 21.6. The number of methoxy groups -OCH3 is 1. The molecule has 1 atom stereocenters. The Hall–Kier alpha value is -4.32. The molecule has 1 unspecified atom stereocenters. The van der Waals surface area contributed by atoms with E-state index in [0.717, 1.165) is 45.0 Å². The summed E-state index contributed by atoms with van der Waals surface area (Å²) in [5.41, 5.74) is 7.72. The van der Waals surface area contributed by atoms with Gasteiger partial charge in [-0.2, -0.15) is 0 Å². The summed E-state index contributed by atoms with van der Waals surface area (Å²) < 4.78 is 12.0. The Morgan fingerprint density at radius 2 is 1.76 bits per heavy atom. The van der Waals surface area contributed by atoms with Gasteiger partial charge in [0.2, 0.25) is 0 Å². The lowest BCUT2D eigenvalue weighted by Crippen LogP contribution is -2.42. The van der Waals surface area contributed by atoms with Crippen LogP contribution < -0.4 is 14.8 Å². The Bertz CT molecular complexity index is 1410. The van der Waals surface area contributed by atoms with E-state index in [1.54, 1.807) is 19.5 Å². The minimum absolute atomic E-state index is 0.0253. The minimum atomic E-state index is -0.366. The average molecular weight is 494 g/mol. The first-order chi connectivity index (χ1) is 17.9. The van der Waals surface area contributed by atoms with Crippen molar-refractivity contribution in [3.8, 4) is 11.5 Å². The van der Waals surface area contributed by atoms with E-state index in [-0.39, 0.29) is 12.1 Å². The van der Waals surface area contributed by atoms with Crippen LogP contribution in [-0.4, -0.2) is 22.9 Å². The molecule has 0 fully saturated rings. The summed E-state index contributed by atoms with van der Waals surface area (Å²) in [6, 6.07) is 21.8. The Balaban J connectivity index is 1.50. The predicted molar refractivity (Wildman–Crippen MR) is 145 cm³/mol. The van der Waals surface area contributed by atoms with Crippen LogP contribution in [-0.2, 0) is 13.2 Å². The number of aromatic nitrogens is 1. The molecule has 0 saturated heterocycles. The third-order valence-corrected chi connectivity index (χ3v) is 6.69. The molecule has 188 valence electrons. The highest BCUT2D eigenvalue weighted by Crippen LogP contribution is 2.36. The molecular formula is C31H31N3O3. The predicted octanol–water partition coefficient (Wildman–Crippen LogP) is 6.36. The van der Waals surface area contributed by atoms with E-state index in [2.05, 4.69) is 49.3 Å². The third-order valence-electron chi connectivity index (χ3n) is 6.69. The molecule has 6 heteroatoms. The second kappa shape index (κ2) is 10.3. The summed E-state index contributed by atoms with van der Waals surface area (Å²) in [5.74, 6) is 1.60. The topological polar surface area (TPSA) is 63.7 Å². The Morgan fingerprint density at radius 1 is 0.973 bits per heavy atom. The fourth-order valence-electron chi connectivity index (χ4n) is 5.03. The van der Waals surface area contributed by atoms with Crippen LogP contribution in [0.4, 0.5) is 5.69 Å². The summed E-state index contributed by atoms with van der Waals surface area (Å²) in [6.07, 6.45) is 3.17. The molecule has 1 aliphatic heterocycles. The molecule has 1 aliphatic rings. The summed E-state index contributed by atoms with van der Waals surface area (Å²) in [7, 11) is 1.66. The van der Waals surface area contributed by atoms with Crippen LogP contribution in [0.25, 0.3) is 0 Å². The van der Waals surface area contributed by atoms with Crippen LogP contribution in [0.2, 0.25) is 0 Å². The zero-order valence-corrected chi connectivity index (χ0v) is 21.6. The first-order valence-electron chi connectivity index (χ1n) is 12.4. The maximum atomic E-state index is 13.6. The normalized spacial score (nSPS) is 14.6. The number of ether oxygens (including phenoxy) is 2. The van der Waals surface area contributed by atoms with E-state index >= 15 is 0 Å². The number of rotatable bonds is 7. The highest BCUT2D eigenvalue weighted by atomic mass is 16.5. The Labute approximate surface area is 217 Å². The number of carbonyl (C=O) groups excluding carboxylic acids is 1. The molecule has 37 heavy (non-hydrogen) atoms. The standard InChI is InChI=1S/C31H31N3O3/c1-20-14-21(2)29(22(3)15-20)37-19-25-16-24(11-12-28(25)36-4)30-33-27-10-6-5-9-26(27)31(35)34(30)18-23-8-7-13-32-17-23/h5-17,30,33H,18-19H2,1-4H3. The molecule has 0 bridgehead atoms. The number of amides is 1. The van der Waals surface area contributed by atoms with Gasteiger partial charge in [0.25, 0.3) is 5.91 Å². The molecule has 0 spiro atoms. The van der Waals surface area contributed by atoms with Crippen molar-refractivity contribution in [1.29, 1.82) is 0 Å². The van der Waals surface area contributed by atoms with Crippen LogP contribution in [0.3, 0.4) is 0 Å². The largest absolute Gasteiger partial charge is 0.496 e. The first kappa shape index (κ1) is 24.4. The quantitative estimate of drug-likeness (QED) is 0.325. The van der Waals surface area contributed by atoms with Crippen molar-refractivity contribution in [3.63, 3.8) is 0 Å². The number of carbonyl (C=O) groups is 1. The van der Waals surface area contributed by atoms with Gasteiger partial charge in [-0.05, 0) is 73.4 Å². The van der Waals surface area contributed by atoms with Gasteiger partial charge in [0.1, 0.15) is 24.3 Å². The van der Waals surface area contributed by atoms with Crippen LogP contribution in [0.5, 0.6) is 11.5 Å². The molecule has 2 heterocycles. The molecule has 4 aromatic rings. The minimum Gasteiger partial charge on any atom is -0.496 e. The highest BCUT2D eigenvalue weighted by molar-refractivity contribution is 6.01. The average Bonchev–Trinajstić information content (AvgIpc) is 2.90. The van der Waals surface area contributed by atoms with Crippen LogP contribution in [0, 0.1) is 20.8 Å². The van der Waals surface area contributed by atoms with E-state index in [0.29, 0.717) is 18.7 Å². The van der Waals surface area contributed by atoms with Gasteiger partial charge >= 0.3 is 0 Å². The molecule has 0 saturated carbocycles. The van der Waals surface area contributed by atoms with Gasteiger partial charge in [-0.15, -0.1) is 0 Å². The van der Waals surface area contributed by atoms with Crippen molar-refractivity contribution in [3.05, 3.63) is 118 Å². The monoisotopic (exact) mass is 493 g/mol. The summed E-state index contributed by atoms with van der Waals surface area (Å²) in [4.78, 5) is 19.7. The van der Waals surface area contributed by atoms with Crippen molar-refractivity contribution in [1.82, 2.24) is 9.88 Å². The number of pyridine rings is 1. The third kappa shape index (κ3) is 5.00. The van der Waals surface area contributed by atoms with Gasteiger partial charge in [-0.25, -0.2) is 0 Å². The number of aryl methyl sites for hydroxylation is 3. The van der Waals surface area contributed by atoms with Crippen molar-refractivity contribution < 1.29 is 14.3 Å². The molecule has 1 amide bonds. The van der Waals surface area contributed by atoms with Gasteiger partial charge < -0.3 is 19.7 Å². The molecule has 1 aromatic heterocycles. The highest BCUT2D eigenvalue weighted by Gasteiger charge is 2.33. The lowest BCUT2D eigenvalue weighted by Gasteiger charge is -2.38. The van der Waals surface area contributed by atoms with Gasteiger partial charge in [0.15, 0.2) is 0 Å². The number of hydrogen-bond donors (Lipinski definition) is 1. The second-order valence-electron chi connectivity index (χ2n) is 9.47. The van der Waals surface area contributed by atoms with Gasteiger partial charge in [0, 0.05) is 30.2 Å². The summed E-state index contributed by atoms with van der Waals surface area (Å²) >= 11 is 0. The number of nitrogens with zero attached hydrogens (tertiary/aromatic N) is 2. The van der Waals surface area contributed by atoms with Crippen molar-refractivity contribution in [2.75, 3.05) is 12.4 Å². The fraction of sp³-hybridized carbons (Fsp3) is 0.226. The first-order valence-corrected chi connectivity index (χ1v) is 12.4. The number of hydrogen-bond acceptors (Lipinski definition) is 5. The molecule has 1 N–H and O–H groups in total. The van der Waals surface area contributed by atoms with E-state index < -0.39 is 0 Å². The van der Waals surface area contributed by atoms with Gasteiger partial charge in [-0.1, -0.05) is 42.0 Å². The zero-order chi connectivity index (χ0) is 25.9. The van der Waals surface area contributed by atoms with E-state index in [4.69, 9.17) is 9.47 Å². The SMILES string of the molecule is COc1ccc(C2Nc3ccccc3C(=O)N2Cc2cccnc2)cc1COc1c(C)cc(C)cc1C.